The van der Waals surface area contributed by atoms with Gasteiger partial charge in [0.25, 0.3) is 0 Å². The van der Waals surface area contributed by atoms with Crippen molar-refractivity contribution in [2.45, 2.75) is 83.0 Å². The van der Waals surface area contributed by atoms with Crippen LogP contribution in [0, 0.1) is 11.3 Å². The van der Waals surface area contributed by atoms with Gasteiger partial charge in [-0.25, -0.2) is 9.59 Å². The van der Waals surface area contributed by atoms with Crippen molar-refractivity contribution in [1.29, 1.82) is 5.26 Å². The molecule has 1 aliphatic rings. The van der Waals surface area contributed by atoms with Gasteiger partial charge in [-0.05, 0) is 68.9 Å². The molecule has 1 aliphatic carbocycles. The SMILES string of the molecule is COCCCn1c(=O)oc2ccc(-c3ccc(CC(C#N)NC(=O)C4(NC(=O)OC(C)(C)C)CCCC4)cc3)cc21. The minimum atomic E-state index is -1.09. The Morgan fingerprint density at radius 1 is 1.12 bits per heavy atom. The van der Waals surface area contributed by atoms with Crippen LogP contribution in [0.2, 0.25) is 0 Å². The summed E-state index contributed by atoms with van der Waals surface area (Å²) in [4.78, 5) is 38.1. The zero-order chi connectivity index (χ0) is 29.6. The zero-order valence-electron chi connectivity index (χ0n) is 24.1. The van der Waals surface area contributed by atoms with Crippen LogP contribution >= 0.6 is 0 Å². The number of ether oxygens (including phenoxy) is 2. The van der Waals surface area contributed by atoms with E-state index in [4.69, 9.17) is 13.9 Å². The van der Waals surface area contributed by atoms with Gasteiger partial charge in [0, 0.05) is 26.7 Å². The number of fused-ring (bicyclic) bond motifs is 1. The molecule has 0 aliphatic heterocycles. The summed E-state index contributed by atoms with van der Waals surface area (Å²) in [6.07, 6.45) is 2.95. The van der Waals surface area contributed by atoms with Crippen LogP contribution in [0.25, 0.3) is 22.2 Å². The molecule has 1 atom stereocenters. The summed E-state index contributed by atoms with van der Waals surface area (Å²) in [6, 6.07) is 14.8. The molecule has 1 unspecified atom stereocenters. The average Bonchev–Trinajstić information content (AvgIpc) is 3.52. The molecule has 2 aromatic carbocycles. The van der Waals surface area contributed by atoms with Crippen LogP contribution in [-0.2, 0) is 27.2 Å². The fraction of sp³-hybridized carbons (Fsp3) is 0.484. The number of carbonyl (C=O) groups is 2. The standard InChI is InChI=1S/C31H38N4O6/c1-30(2,3)41-28(37)34-31(14-5-6-15-31)27(36)33-24(20-32)18-21-8-10-22(11-9-21)23-12-13-26-25(19-23)35(29(38)40-26)16-7-17-39-4/h8-13,19,24H,5-7,14-18H2,1-4H3,(H,33,36)(H,34,37). The van der Waals surface area contributed by atoms with Gasteiger partial charge < -0.3 is 24.5 Å². The molecule has 1 fully saturated rings. The molecule has 1 aromatic heterocycles. The number of methoxy groups -OCH3 is 1. The molecule has 0 spiro atoms. The molecule has 2 N–H and O–H groups in total. The molecular formula is C31H38N4O6. The number of amides is 2. The molecule has 0 bridgehead atoms. The molecule has 2 amide bonds. The van der Waals surface area contributed by atoms with Crippen LogP contribution < -0.4 is 16.4 Å². The zero-order valence-corrected chi connectivity index (χ0v) is 24.1. The van der Waals surface area contributed by atoms with Gasteiger partial charge in [-0.3, -0.25) is 9.36 Å². The molecule has 0 saturated heterocycles. The molecular weight excluding hydrogens is 524 g/mol. The second-order valence-corrected chi connectivity index (χ2v) is 11.5. The molecule has 218 valence electrons. The number of aryl methyl sites for hydroxylation is 1. The lowest BCUT2D eigenvalue weighted by atomic mass is 9.95. The number of rotatable bonds is 10. The van der Waals surface area contributed by atoms with E-state index < -0.39 is 29.0 Å². The predicted octanol–water partition coefficient (Wildman–Crippen LogP) is 4.69. The number of benzene rings is 2. The van der Waals surface area contributed by atoms with E-state index >= 15 is 0 Å². The van der Waals surface area contributed by atoms with Crippen molar-refractivity contribution in [3.05, 3.63) is 58.6 Å². The van der Waals surface area contributed by atoms with Crippen molar-refractivity contribution in [1.82, 2.24) is 15.2 Å². The minimum absolute atomic E-state index is 0.310. The summed E-state index contributed by atoms with van der Waals surface area (Å²) < 4.78 is 17.5. The predicted molar refractivity (Wildman–Crippen MR) is 154 cm³/mol. The fourth-order valence-electron chi connectivity index (χ4n) is 5.20. The quantitative estimate of drug-likeness (QED) is 0.342. The second-order valence-electron chi connectivity index (χ2n) is 11.5. The van der Waals surface area contributed by atoms with Gasteiger partial charge in [0.15, 0.2) is 5.58 Å². The molecule has 1 saturated carbocycles. The van der Waals surface area contributed by atoms with Crippen molar-refractivity contribution in [2.75, 3.05) is 13.7 Å². The third-order valence-electron chi connectivity index (χ3n) is 7.22. The maximum Gasteiger partial charge on any atom is 0.419 e. The second kappa shape index (κ2) is 12.6. The van der Waals surface area contributed by atoms with Crippen LogP contribution in [0.5, 0.6) is 0 Å². The van der Waals surface area contributed by atoms with Crippen LogP contribution in [0.4, 0.5) is 4.79 Å². The Kier molecular flexibility index (Phi) is 9.18. The van der Waals surface area contributed by atoms with Gasteiger partial charge in [-0.2, -0.15) is 5.26 Å². The minimum Gasteiger partial charge on any atom is -0.444 e. The lowest BCUT2D eigenvalue weighted by molar-refractivity contribution is -0.128. The first-order valence-electron chi connectivity index (χ1n) is 14.0. The topological polar surface area (TPSA) is 136 Å². The van der Waals surface area contributed by atoms with Crippen molar-refractivity contribution < 1.29 is 23.5 Å². The van der Waals surface area contributed by atoms with Gasteiger partial charge in [-0.1, -0.05) is 43.2 Å². The molecule has 0 radical (unpaired) electrons. The molecule has 4 rings (SSSR count). The lowest BCUT2D eigenvalue weighted by Crippen LogP contribution is -2.59. The van der Waals surface area contributed by atoms with E-state index in [1.54, 1.807) is 38.5 Å². The van der Waals surface area contributed by atoms with E-state index in [1.165, 1.54) is 0 Å². The van der Waals surface area contributed by atoms with E-state index in [9.17, 15) is 19.6 Å². The van der Waals surface area contributed by atoms with E-state index in [0.29, 0.717) is 44.4 Å². The third-order valence-corrected chi connectivity index (χ3v) is 7.22. The van der Waals surface area contributed by atoms with E-state index in [-0.39, 0.29) is 5.91 Å². The number of nitriles is 1. The first kappa shape index (κ1) is 29.9. The van der Waals surface area contributed by atoms with E-state index in [2.05, 4.69) is 16.7 Å². The van der Waals surface area contributed by atoms with E-state index in [1.807, 2.05) is 36.4 Å². The van der Waals surface area contributed by atoms with Gasteiger partial charge in [0.2, 0.25) is 5.91 Å². The van der Waals surface area contributed by atoms with Crippen molar-refractivity contribution in [2.24, 2.45) is 0 Å². The molecule has 10 heteroatoms. The maximum absolute atomic E-state index is 13.3. The Labute approximate surface area is 239 Å². The summed E-state index contributed by atoms with van der Waals surface area (Å²) in [6.45, 7) is 6.35. The normalized spacial score (nSPS) is 15.3. The first-order valence-corrected chi connectivity index (χ1v) is 14.0. The van der Waals surface area contributed by atoms with Crippen molar-refractivity contribution in [3.8, 4) is 17.2 Å². The largest absolute Gasteiger partial charge is 0.444 e. The number of hydrogen-bond acceptors (Lipinski definition) is 7. The Bertz CT molecular complexity index is 1470. The molecule has 41 heavy (non-hydrogen) atoms. The number of nitrogens with one attached hydrogen (secondary N) is 2. The Morgan fingerprint density at radius 2 is 1.80 bits per heavy atom. The number of hydrogen-bond donors (Lipinski definition) is 2. The first-order chi connectivity index (χ1) is 19.5. The highest BCUT2D eigenvalue weighted by atomic mass is 16.6. The van der Waals surface area contributed by atoms with Crippen molar-refractivity contribution in [3.63, 3.8) is 0 Å². The number of alkyl carbamates (subject to hydrolysis) is 1. The van der Waals surface area contributed by atoms with Crippen LogP contribution in [0.15, 0.2) is 51.7 Å². The molecule has 10 nitrogen and oxygen atoms in total. The number of carbonyl (C=O) groups excluding carboxylic acids is 2. The van der Waals surface area contributed by atoms with Crippen molar-refractivity contribution >= 4 is 23.1 Å². The van der Waals surface area contributed by atoms with Crippen LogP contribution in [-0.4, -0.2) is 47.5 Å². The van der Waals surface area contributed by atoms with Gasteiger partial charge in [-0.15, -0.1) is 0 Å². The summed E-state index contributed by atoms with van der Waals surface area (Å²) >= 11 is 0. The van der Waals surface area contributed by atoms with E-state index in [0.717, 1.165) is 35.0 Å². The Hall–Kier alpha value is -4.10. The monoisotopic (exact) mass is 562 g/mol. The average molecular weight is 563 g/mol. The fourth-order valence-corrected chi connectivity index (χ4v) is 5.20. The highest BCUT2D eigenvalue weighted by molar-refractivity contribution is 5.90. The lowest BCUT2D eigenvalue weighted by Gasteiger charge is -2.31. The smallest absolute Gasteiger partial charge is 0.419 e. The summed E-state index contributed by atoms with van der Waals surface area (Å²) in [7, 11) is 1.63. The Morgan fingerprint density at radius 3 is 2.44 bits per heavy atom. The summed E-state index contributed by atoms with van der Waals surface area (Å²) in [5, 5.41) is 15.4. The van der Waals surface area contributed by atoms with Crippen LogP contribution in [0.1, 0.15) is 58.4 Å². The highest BCUT2D eigenvalue weighted by Crippen LogP contribution is 2.31. The molecule has 3 aromatic rings. The maximum atomic E-state index is 13.3. The Balaban J connectivity index is 1.44. The van der Waals surface area contributed by atoms with Gasteiger partial charge >= 0.3 is 11.8 Å². The number of nitrogens with zero attached hydrogens (tertiary/aromatic N) is 2. The number of oxazole rings is 1. The third kappa shape index (κ3) is 7.35. The number of aromatic nitrogens is 1. The summed E-state index contributed by atoms with van der Waals surface area (Å²) in [5.74, 6) is -0.761. The van der Waals surface area contributed by atoms with Gasteiger partial charge in [0.1, 0.15) is 17.2 Å². The highest BCUT2D eigenvalue weighted by Gasteiger charge is 2.44. The summed E-state index contributed by atoms with van der Waals surface area (Å²) in [5.41, 5.74) is 2.22. The van der Waals surface area contributed by atoms with Gasteiger partial charge in [0.05, 0.1) is 11.6 Å². The molecule has 1 heterocycles. The van der Waals surface area contributed by atoms with Crippen LogP contribution in [0.3, 0.4) is 0 Å².